The quantitative estimate of drug-likeness (QED) is 0.701. The highest BCUT2D eigenvalue weighted by Gasteiger charge is 2.32. The van der Waals surface area contributed by atoms with Gasteiger partial charge < -0.3 is 4.90 Å². The zero-order valence-electron chi connectivity index (χ0n) is 15.9. The summed E-state index contributed by atoms with van der Waals surface area (Å²) in [6.45, 7) is 7.76. The molecular weight excluding hydrogens is 338 g/mol. The minimum Gasteiger partial charge on any atom is -0.338 e. The van der Waals surface area contributed by atoms with Crippen LogP contribution in [0.1, 0.15) is 36.5 Å². The number of benzene rings is 2. The molecule has 27 heavy (non-hydrogen) atoms. The second-order valence-corrected chi connectivity index (χ2v) is 8.00. The van der Waals surface area contributed by atoms with Crippen molar-refractivity contribution in [2.24, 2.45) is 5.41 Å². The van der Waals surface area contributed by atoms with Crippen LogP contribution in [0.15, 0.2) is 53.3 Å². The fourth-order valence-corrected chi connectivity index (χ4v) is 3.77. The highest BCUT2D eigenvalue weighted by atomic mass is 16.2. The maximum absolute atomic E-state index is 12.9. The Morgan fingerprint density at radius 3 is 2.44 bits per heavy atom. The Hall–Kier alpha value is -2.95. The minimum atomic E-state index is -0.0986. The van der Waals surface area contributed by atoms with Crippen molar-refractivity contribution in [1.29, 1.82) is 0 Å². The first kappa shape index (κ1) is 17.5. The van der Waals surface area contributed by atoms with Crippen molar-refractivity contribution in [2.75, 3.05) is 13.1 Å². The molecule has 5 heteroatoms. The fraction of sp³-hybridized carbons (Fsp3) is 0.318. The van der Waals surface area contributed by atoms with Crippen LogP contribution in [0.25, 0.3) is 16.6 Å². The average molecular weight is 361 g/mol. The zero-order chi connectivity index (χ0) is 19.2. The molecule has 1 fully saturated rings. The number of fused-ring (bicyclic) bond motifs is 1. The number of carbonyl (C=O) groups is 1. The Labute approximate surface area is 158 Å². The molecule has 3 aromatic rings. The molecule has 1 saturated heterocycles. The molecule has 0 radical (unpaired) electrons. The molecule has 0 atom stereocenters. The molecule has 0 bridgehead atoms. The number of carbonyl (C=O) groups excluding carboxylic acids is 1. The van der Waals surface area contributed by atoms with Crippen molar-refractivity contribution >= 4 is 16.8 Å². The van der Waals surface area contributed by atoms with Crippen LogP contribution < -0.4 is 5.56 Å². The van der Waals surface area contributed by atoms with Crippen molar-refractivity contribution in [3.63, 3.8) is 0 Å². The van der Waals surface area contributed by atoms with Gasteiger partial charge >= 0.3 is 0 Å². The maximum atomic E-state index is 12.9. The van der Waals surface area contributed by atoms with E-state index >= 15 is 0 Å². The lowest BCUT2D eigenvalue weighted by molar-refractivity contribution is 0.0778. The third-order valence-corrected chi connectivity index (χ3v) is 5.28. The van der Waals surface area contributed by atoms with Crippen molar-refractivity contribution in [2.45, 2.75) is 27.2 Å². The van der Waals surface area contributed by atoms with Gasteiger partial charge in [-0.25, -0.2) is 4.98 Å². The molecule has 0 spiro atoms. The highest BCUT2D eigenvalue weighted by molar-refractivity contribution is 5.94. The van der Waals surface area contributed by atoms with Gasteiger partial charge in [0.2, 0.25) is 0 Å². The van der Waals surface area contributed by atoms with Gasteiger partial charge in [-0.3, -0.25) is 14.2 Å². The van der Waals surface area contributed by atoms with Gasteiger partial charge in [-0.05, 0) is 55.2 Å². The van der Waals surface area contributed by atoms with Crippen LogP contribution in [0.4, 0.5) is 0 Å². The van der Waals surface area contributed by atoms with Gasteiger partial charge in [-0.2, -0.15) is 0 Å². The SMILES string of the molecule is Cc1nc2ccccc2c(=O)n1-c1ccc(C(=O)N2CCC(C)(C)C2)cc1. The van der Waals surface area contributed by atoms with Crippen LogP contribution in [0, 0.1) is 12.3 Å². The first-order chi connectivity index (χ1) is 12.9. The van der Waals surface area contributed by atoms with E-state index in [1.54, 1.807) is 22.8 Å². The molecule has 0 N–H and O–H groups in total. The summed E-state index contributed by atoms with van der Waals surface area (Å²) in [4.78, 5) is 32.1. The second-order valence-electron chi connectivity index (χ2n) is 8.00. The number of aromatic nitrogens is 2. The number of hydrogen-bond donors (Lipinski definition) is 0. The Morgan fingerprint density at radius 2 is 1.78 bits per heavy atom. The Kier molecular flexibility index (Phi) is 4.10. The Morgan fingerprint density at radius 1 is 1.07 bits per heavy atom. The Bertz CT molecular complexity index is 1080. The summed E-state index contributed by atoms with van der Waals surface area (Å²) in [6.07, 6.45) is 1.02. The average Bonchev–Trinajstić information content (AvgIpc) is 3.01. The maximum Gasteiger partial charge on any atom is 0.265 e. The van der Waals surface area contributed by atoms with Gasteiger partial charge in [-0.1, -0.05) is 26.0 Å². The molecule has 4 rings (SSSR count). The molecule has 0 saturated carbocycles. The number of nitrogens with zero attached hydrogens (tertiary/aromatic N) is 3. The van der Waals surface area contributed by atoms with Crippen molar-refractivity contribution < 1.29 is 4.79 Å². The highest BCUT2D eigenvalue weighted by Crippen LogP contribution is 2.29. The van der Waals surface area contributed by atoms with Crippen LogP contribution in [-0.2, 0) is 0 Å². The minimum absolute atomic E-state index is 0.0489. The summed E-state index contributed by atoms with van der Waals surface area (Å²) in [5.74, 6) is 0.673. The van der Waals surface area contributed by atoms with E-state index in [4.69, 9.17) is 0 Å². The van der Waals surface area contributed by atoms with E-state index in [1.165, 1.54) is 0 Å². The largest absolute Gasteiger partial charge is 0.338 e. The number of para-hydroxylation sites is 1. The van der Waals surface area contributed by atoms with Crippen LogP contribution in [-0.4, -0.2) is 33.4 Å². The lowest BCUT2D eigenvalue weighted by Gasteiger charge is -2.20. The normalized spacial score (nSPS) is 16.0. The molecular formula is C22H23N3O2. The van der Waals surface area contributed by atoms with Gasteiger partial charge in [0.1, 0.15) is 5.82 Å². The van der Waals surface area contributed by atoms with E-state index in [2.05, 4.69) is 18.8 Å². The fourth-order valence-electron chi connectivity index (χ4n) is 3.77. The van der Waals surface area contributed by atoms with Crippen LogP contribution >= 0.6 is 0 Å². The smallest absolute Gasteiger partial charge is 0.265 e. The molecule has 2 aromatic carbocycles. The Balaban J connectivity index is 1.68. The lowest BCUT2D eigenvalue weighted by atomic mass is 9.93. The molecule has 0 unspecified atom stereocenters. The third kappa shape index (κ3) is 3.14. The number of amides is 1. The van der Waals surface area contributed by atoms with E-state index in [9.17, 15) is 9.59 Å². The van der Waals surface area contributed by atoms with E-state index in [1.807, 2.05) is 42.2 Å². The van der Waals surface area contributed by atoms with Gasteiger partial charge in [0.05, 0.1) is 16.6 Å². The molecule has 2 heterocycles. The lowest BCUT2D eigenvalue weighted by Crippen LogP contribution is -2.30. The van der Waals surface area contributed by atoms with Crippen molar-refractivity contribution in [3.05, 3.63) is 70.3 Å². The van der Waals surface area contributed by atoms with Crippen molar-refractivity contribution in [3.8, 4) is 5.69 Å². The van der Waals surface area contributed by atoms with Gasteiger partial charge in [0.15, 0.2) is 0 Å². The van der Waals surface area contributed by atoms with Gasteiger partial charge in [0.25, 0.3) is 11.5 Å². The number of rotatable bonds is 2. The number of hydrogen-bond acceptors (Lipinski definition) is 3. The molecule has 138 valence electrons. The van der Waals surface area contributed by atoms with Crippen LogP contribution in [0.5, 0.6) is 0 Å². The zero-order valence-corrected chi connectivity index (χ0v) is 15.9. The molecule has 1 aromatic heterocycles. The number of aryl methyl sites for hydroxylation is 1. The predicted octanol–water partition coefficient (Wildman–Crippen LogP) is 3.57. The first-order valence-corrected chi connectivity index (χ1v) is 9.24. The van der Waals surface area contributed by atoms with Gasteiger partial charge in [0, 0.05) is 18.7 Å². The number of likely N-dealkylation sites (tertiary alicyclic amines) is 1. The van der Waals surface area contributed by atoms with E-state index in [0.717, 1.165) is 19.5 Å². The van der Waals surface area contributed by atoms with E-state index in [0.29, 0.717) is 28.0 Å². The molecule has 1 aliphatic rings. The van der Waals surface area contributed by atoms with Crippen LogP contribution in [0.2, 0.25) is 0 Å². The first-order valence-electron chi connectivity index (χ1n) is 9.24. The summed E-state index contributed by atoms with van der Waals surface area (Å²) in [6, 6.07) is 14.6. The second kappa shape index (κ2) is 6.34. The summed E-state index contributed by atoms with van der Waals surface area (Å²) < 4.78 is 1.59. The molecule has 0 aliphatic carbocycles. The van der Waals surface area contributed by atoms with E-state index in [-0.39, 0.29) is 16.9 Å². The molecule has 5 nitrogen and oxygen atoms in total. The van der Waals surface area contributed by atoms with Crippen LogP contribution in [0.3, 0.4) is 0 Å². The van der Waals surface area contributed by atoms with Crippen molar-refractivity contribution in [1.82, 2.24) is 14.5 Å². The molecule has 1 amide bonds. The monoisotopic (exact) mass is 361 g/mol. The van der Waals surface area contributed by atoms with E-state index < -0.39 is 0 Å². The summed E-state index contributed by atoms with van der Waals surface area (Å²) in [5.41, 5.74) is 2.14. The summed E-state index contributed by atoms with van der Waals surface area (Å²) in [7, 11) is 0. The summed E-state index contributed by atoms with van der Waals surface area (Å²) in [5, 5.41) is 0.586. The van der Waals surface area contributed by atoms with Gasteiger partial charge in [-0.15, -0.1) is 0 Å². The molecule has 1 aliphatic heterocycles. The standard InChI is InChI=1S/C22H23N3O2/c1-15-23-19-7-5-4-6-18(19)21(27)25(15)17-10-8-16(9-11-17)20(26)24-13-12-22(2,3)14-24/h4-11H,12-14H2,1-3H3. The predicted molar refractivity (Wildman–Crippen MR) is 106 cm³/mol. The summed E-state index contributed by atoms with van der Waals surface area (Å²) >= 11 is 0. The topological polar surface area (TPSA) is 55.2 Å². The third-order valence-electron chi connectivity index (χ3n) is 5.28.